The lowest BCUT2D eigenvalue weighted by molar-refractivity contribution is -0.114. The summed E-state index contributed by atoms with van der Waals surface area (Å²) in [5.74, 6) is 0.0713. The van der Waals surface area contributed by atoms with Crippen molar-refractivity contribution in [2.45, 2.75) is 6.92 Å². The van der Waals surface area contributed by atoms with Gasteiger partial charge >= 0.3 is 5.97 Å². The van der Waals surface area contributed by atoms with E-state index >= 15 is 0 Å². The van der Waals surface area contributed by atoms with Crippen LogP contribution in [0.1, 0.15) is 22.8 Å². The van der Waals surface area contributed by atoms with Crippen LogP contribution >= 0.6 is 11.6 Å². The molecule has 8 heteroatoms. The van der Waals surface area contributed by atoms with E-state index in [1.165, 1.54) is 11.1 Å². The first-order valence-corrected chi connectivity index (χ1v) is 8.96. The average Bonchev–Trinajstić information content (AvgIpc) is 3.07. The first kappa shape index (κ1) is 18.6. The Kier molecular flexibility index (Phi) is 4.74. The van der Waals surface area contributed by atoms with Crippen LogP contribution < -0.4 is 4.74 Å². The number of ether oxygens (including phenoxy) is 1. The summed E-state index contributed by atoms with van der Waals surface area (Å²) in [4.78, 5) is 33.7. The molecule has 0 fully saturated rings. The van der Waals surface area contributed by atoms with Crippen LogP contribution in [0.15, 0.2) is 70.9 Å². The Hall–Kier alpha value is -3.71. The molecule has 0 aliphatic carbocycles. The number of hydrogen-bond acceptors (Lipinski definition) is 5. The van der Waals surface area contributed by atoms with Gasteiger partial charge in [-0.2, -0.15) is 4.99 Å². The van der Waals surface area contributed by atoms with E-state index in [-0.39, 0.29) is 11.4 Å². The minimum Gasteiger partial charge on any atom is -0.423 e. The summed E-state index contributed by atoms with van der Waals surface area (Å²) in [7, 11) is 0. The number of fused-ring (bicyclic) bond motifs is 1. The topological polar surface area (TPSA) is 92.0 Å². The number of hydrogen-bond donors (Lipinski definition) is 1. The smallest absolute Gasteiger partial charge is 0.343 e. The largest absolute Gasteiger partial charge is 0.423 e. The summed E-state index contributed by atoms with van der Waals surface area (Å²) in [6.45, 7) is 1.71. The van der Waals surface area contributed by atoms with E-state index in [1.54, 1.807) is 61.5 Å². The van der Waals surface area contributed by atoms with E-state index in [2.05, 4.69) is 4.99 Å². The van der Waals surface area contributed by atoms with E-state index in [9.17, 15) is 9.59 Å². The molecule has 0 saturated heterocycles. The number of hydroxylamine groups is 2. The lowest BCUT2D eigenvalue weighted by Crippen LogP contribution is -2.38. The van der Waals surface area contributed by atoms with Crippen molar-refractivity contribution in [3.63, 3.8) is 0 Å². The fraction of sp³-hybridized carbons (Fsp3) is 0.0476. The van der Waals surface area contributed by atoms with Crippen LogP contribution in [0.25, 0.3) is 6.08 Å². The average molecular weight is 408 g/mol. The van der Waals surface area contributed by atoms with Crippen molar-refractivity contribution >= 4 is 41.2 Å². The zero-order chi connectivity index (χ0) is 20.5. The number of halogens is 1. The molecule has 2 aliphatic heterocycles. The highest BCUT2D eigenvalue weighted by molar-refractivity contribution is 6.32. The third-order valence-corrected chi connectivity index (χ3v) is 4.41. The number of aliphatic imine (C=N–C) groups is 1. The van der Waals surface area contributed by atoms with Crippen LogP contribution in [0.2, 0.25) is 5.02 Å². The fourth-order valence-corrected chi connectivity index (χ4v) is 2.88. The molecule has 0 bridgehead atoms. The molecular weight excluding hydrogens is 394 g/mol. The molecule has 2 aromatic rings. The molecule has 0 saturated carbocycles. The van der Waals surface area contributed by atoms with Crippen molar-refractivity contribution in [3.05, 3.63) is 82.1 Å². The first-order valence-electron chi connectivity index (χ1n) is 8.58. The van der Waals surface area contributed by atoms with E-state index in [0.29, 0.717) is 33.5 Å². The minimum absolute atomic E-state index is 0.0913. The molecule has 1 amide bonds. The summed E-state index contributed by atoms with van der Waals surface area (Å²) in [6, 6.07) is 12.9. The van der Waals surface area contributed by atoms with Crippen LogP contribution in [0, 0.1) is 5.41 Å². The highest BCUT2D eigenvalue weighted by atomic mass is 35.5. The monoisotopic (exact) mass is 407 g/mol. The second-order valence-corrected chi connectivity index (χ2v) is 6.72. The quantitative estimate of drug-likeness (QED) is 0.471. The van der Waals surface area contributed by atoms with Crippen LogP contribution in [0.5, 0.6) is 5.75 Å². The van der Waals surface area contributed by atoms with Crippen LogP contribution in [0.3, 0.4) is 0 Å². The van der Waals surface area contributed by atoms with E-state index < -0.39 is 11.9 Å². The maximum Gasteiger partial charge on any atom is 0.343 e. The van der Waals surface area contributed by atoms with Crippen molar-refractivity contribution in [3.8, 4) is 5.75 Å². The summed E-state index contributed by atoms with van der Waals surface area (Å²) < 4.78 is 5.33. The SMILES string of the molecule is CC1=CC2=NC(=O)/C(=C/c3ccc(OC(=O)c4ccc(Cl)cc4)cc3)C(=N)N2O1. The molecule has 2 aliphatic rings. The standard InChI is InChI=1S/C21H14ClN3O4/c1-12-10-18-24-20(26)17(19(23)25(18)29-12)11-13-2-8-16(9-3-13)28-21(27)14-4-6-15(22)7-5-14/h2-11,23H,1H3/b17-11+,23-19?. The van der Waals surface area contributed by atoms with Gasteiger partial charge in [-0.25, -0.2) is 4.79 Å². The predicted octanol–water partition coefficient (Wildman–Crippen LogP) is 4.01. The molecule has 0 radical (unpaired) electrons. The Morgan fingerprint density at radius 2 is 1.86 bits per heavy atom. The Morgan fingerprint density at radius 1 is 1.17 bits per heavy atom. The van der Waals surface area contributed by atoms with Crippen molar-refractivity contribution < 1.29 is 19.2 Å². The van der Waals surface area contributed by atoms with Crippen molar-refractivity contribution in [1.29, 1.82) is 5.41 Å². The van der Waals surface area contributed by atoms with Crippen LogP contribution in [-0.2, 0) is 9.63 Å². The number of carbonyl (C=O) groups is 2. The lowest BCUT2D eigenvalue weighted by atomic mass is 10.1. The number of amides is 1. The third-order valence-electron chi connectivity index (χ3n) is 4.16. The van der Waals surface area contributed by atoms with Gasteiger partial charge in [-0.3, -0.25) is 10.2 Å². The number of benzene rings is 2. The van der Waals surface area contributed by atoms with Crippen LogP contribution in [-0.4, -0.2) is 28.6 Å². The molecule has 0 spiro atoms. The number of nitrogens with one attached hydrogen (secondary N) is 1. The number of esters is 1. The van der Waals surface area contributed by atoms with Crippen LogP contribution in [0.4, 0.5) is 0 Å². The zero-order valence-corrected chi connectivity index (χ0v) is 15.9. The Bertz CT molecular complexity index is 1120. The Balaban J connectivity index is 1.50. The maximum atomic E-state index is 12.3. The summed E-state index contributed by atoms with van der Waals surface area (Å²) in [6.07, 6.45) is 3.12. The summed E-state index contributed by atoms with van der Waals surface area (Å²) in [5.41, 5.74) is 1.12. The van der Waals surface area contributed by atoms with E-state index in [0.717, 1.165) is 0 Å². The molecule has 1 N–H and O–H groups in total. The summed E-state index contributed by atoms with van der Waals surface area (Å²) >= 11 is 5.81. The van der Waals surface area contributed by atoms with Gasteiger partial charge in [-0.15, -0.1) is 5.06 Å². The van der Waals surface area contributed by atoms with Gasteiger partial charge in [0, 0.05) is 11.1 Å². The highest BCUT2D eigenvalue weighted by Crippen LogP contribution is 2.24. The highest BCUT2D eigenvalue weighted by Gasteiger charge is 2.34. The van der Waals surface area contributed by atoms with Gasteiger partial charge in [0.15, 0.2) is 11.7 Å². The van der Waals surface area contributed by atoms with Gasteiger partial charge < -0.3 is 9.57 Å². The minimum atomic E-state index is -0.519. The van der Waals surface area contributed by atoms with E-state index in [1.807, 2.05) is 0 Å². The van der Waals surface area contributed by atoms with Gasteiger partial charge in [-0.05, 0) is 55.0 Å². The molecule has 0 atom stereocenters. The second-order valence-electron chi connectivity index (χ2n) is 6.29. The number of allylic oxidation sites excluding steroid dienone is 1. The number of nitrogens with zero attached hydrogens (tertiary/aromatic N) is 2. The molecule has 7 nitrogen and oxygen atoms in total. The molecule has 4 rings (SSSR count). The predicted molar refractivity (Wildman–Crippen MR) is 108 cm³/mol. The maximum absolute atomic E-state index is 12.3. The van der Waals surface area contributed by atoms with Gasteiger partial charge in [0.2, 0.25) is 0 Å². The molecular formula is C21H14ClN3O4. The zero-order valence-electron chi connectivity index (χ0n) is 15.2. The Morgan fingerprint density at radius 3 is 2.55 bits per heavy atom. The number of rotatable bonds is 3. The van der Waals surface area contributed by atoms with Gasteiger partial charge in [-0.1, -0.05) is 23.7 Å². The lowest BCUT2D eigenvalue weighted by Gasteiger charge is -2.22. The van der Waals surface area contributed by atoms with Gasteiger partial charge in [0.05, 0.1) is 11.1 Å². The van der Waals surface area contributed by atoms with E-state index in [4.69, 9.17) is 26.6 Å². The van der Waals surface area contributed by atoms with Gasteiger partial charge in [0.1, 0.15) is 11.5 Å². The van der Waals surface area contributed by atoms with Crippen molar-refractivity contribution in [2.24, 2.45) is 4.99 Å². The Labute approximate surface area is 171 Å². The molecule has 0 unspecified atom stereocenters. The first-order chi connectivity index (χ1) is 13.9. The molecule has 144 valence electrons. The second kappa shape index (κ2) is 7.37. The molecule has 0 aromatic heterocycles. The number of carbonyl (C=O) groups excluding carboxylic acids is 2. The molecule has 29 heavy (non-hydrogen) atoms. The third kappa shape index (κ3) is 3.81. The summed E-state index contributed by atoms with van der Waals surface area (Å²) in [5, 5.41) is 9.94. The number of amidine groups is 2. The molecule has 2 heterocycles. The normalized spacial score (nSPS) is 16.9. The van der Waals surface area contributed by atoms with Crippen molar-refractivity contribution in [1.82, 2.24) is 5.06 Å². The van der Waals surface area contributed by atoms with Gasteiger partial charge in [0.25, 0.3) is 5.91 Å². The van der Waals surface area contributed by atoms with Crippen molar-refractivity contribution in [2.75, 3.05) is 0 Å². The molecule has 2 aromatic carbocycles. The fourth-order valence-electron chi connectivity index (χ4n) is 2.75.